The molecule has 53 heavy (non-hydrogen) atoms. The number of nitrogens with zero attached hydrogens (tertiary/aromatic N) is 5. The van der Waals surface area contributed by atoms with E-state index in [1.165, 1.54) is 11.3 Å². The molecule has 3 aromatic heterocycles. The third-order valence-electron chi connectivity index (χ3n) is 8.38. The second kappa shape index (κ2) is 17.3. The smallest absolute Gasteiger partial charge is 0.245 e. The van der Waals surface area contributed by atoms with Crippen molar-refractivity contribution in [3.05, 3.63) is 96.1 Å². The van der Waals surface area contributed by atoms with Gasteiger partial charge in [-0.3, -0.25) is 23.9 Å². The summed E-state index contributed by atoms with van der Waals surface area (Å²) < 4.78 is 7.47. The van der Waals surface area contributed by atoms with E-state index in [-0.39, 0.29) is 50.3 Å². The summed E-state index contributed by atoms with van der Waals surface area (Å²) in [5.74, 6) is 0.959. The molecule has 12 nitrogen and oxygen atoms in total. The fourth-order valence-corrected chi connectivity index (χ4v) is 8.02. The van der Waals surface area contributed by atoms with Crippen LogP contribution in [-0.4, -0.2) is 69.5 Å². The Bertz CT molecular complexity index is 2180. The first-order chi connectivity index (χ1) is 25.5. The Morgan fingerprint density at radius 3 is 2.43 bits per heavy atom. The average Bonchev–Trinajstić information content (AvgIpc) is 3.81. The summed E-state index contributed by atoms with van der Waals surface area (Å²) >= 11 is 21.3. The number of hydrogen-bond donors (Lipinski definition) is 3. The van der Waals surface area contributed by atoms with Gasteiger partial charge in [0.25, 0.3) is 0 Å². The van der Waals surface area contributed by atoms with Crippen LogP contribution in [0.1, 0.15) is 58.5 Å². The molecule has 0 aliphatic carbocycles. The predicted molar refractivity (Wildman–Crippen MR) is 210 cm³/mol. The number of hydrogen-bond acceptors (Lipinski definition) is 10. The number of aliphatic imine (C=N–C) groups is 1. The number of carbonyl (C=O) groups is 3. The number of nitrogens with one attached hydrogen (secondary N) is 3. The van der Waals surface area contributed by atoms with E-state index in [2.05, 4.69) is 45.0 Å². The van der Waals surface area contributed by atoms with Crippen molar-refractivity contribution in [2.45, 2.75) is 46.1 Å². The van der Waals surface area contributed by atoms with Crippen LogP contribution in [0, 0.1) is 20.8 Å². The number of aromatic nitrogens is 4. The highest BCUT2D eigenvalue weighted by Gasteiger charge is 2.32. The van der Waals surface area contributed by atoms with Gasteiger partial charge in [-0.05, 0) is 57.0 Å². The molecular formula is C36H35Cl3N8O4S2. The number of carbonyl (C=O) groups excluding carboxylic acids is 3. The highest BCUT2D eigenvalue weighted by atomic mass is 35.5. The first-order valence-electron chi connectivity index (χ1n) is 16.7. The van der Waals surface area contributed by atoms with Gasteiger partial charge in [-0.2, -0.15) is 0 Å². The topological polar surface area (TPSA) is 152 Å². The molecule has 4 heterocycles. The maximum atomic E-state index is 13.2. The molecule has 17 heteroatoms. The lowest BCUT2D eigenvalue weighted by Gasteiger charge is -2.13. The molecule has 1 aliphatic heterocycles. The summed E-state index contributed by atoms with van der Waals surface area (Å²) in [5.41, 5.74) is 4.56. The summed E-state index contributed by atoms with van der Waals surface area (Å²) in [5, 5.41) is 22.1. The Morgan fingerprint density at radius 2 is 1.66 bits per heavy atom. The standard InChI is InChI=1S/C36H35Cl3N8O4S2/c1-19-20(2)53-36-32(19)33(22-6-9-24(37)10-7-22)42-27(34-46-45-21(3)47(34)36)16-30(49)41-13-14-51-17-31(50)40-12-4-5-29(48)43-28-18-52-35(44-28)23-8-11-25(38)26(39)15-23/h6-11,15,18,27H,4-5,12-14,16-17H2,1-3H3,(H,40,50)(H,41,49)(H,43,48)/t27-/m0/s1. The van der Waals surface area contributed by atoms with Crippen LogP contribution in [0.2, 0.25) is 15.1 Å². The third kappa shape index (κ3) is 9.31. The molecule has 0 spiro atoms. The molecule has 276 valence electrons. The highest BCUT2D eigenvalue weighted by Crippen LogP contribution is 2.39. The Hall–Kier alpha value is -4.18. The SMILES string of the molecule is Cc1sc2c(c1C)C(c1ccc(Cl)cc1)=N[C@@H](CC(=O)NCCOCC(=O)NCCCC(=O)Nc1csc(-c3ccc(Cl)c(Cl)c3)n1)c1nnc(C)n1-2. The molecule has 0 unspecified atom stereocenters. The number of halogens is 3. The summed E-state index contributed by atoms with van der Waals surface area (Å²) in [6.45, 7) is 6.49. The van der Waals surface area contributed by atoms with Crippen molar-refractivity contribution in [1.82, 2.24) is 30.4 Å². The molecule has 1 aliphatic rings. The van der Waals surface area contributed by atoms with Gasteiger partial charge in [-0.15, -0.1) is 32.9 Å². The van der Waals surface area contributed by atoms with Crippen molar-refractivity contribution in [2.75, 3.05) is 31.6 Å². The number of amides is 3. The quantitative estimate of drug-likeness (QED) is 0.0997. The fourth-order valence-electron chi connectivity index (χ4n) is 5.63. The zero-order valence-electron chi connectivity index (χ0n) is 29.0. The Labute approximate surface area is 329 Å². The van der Waals surface area contributed by atoms with Gasteiger partial charge in [-0.25, -0.2) is 4.98 Å². The van der Waals surface area contributed by atoms with Crippen molar-refractivity contribution < 1.29 is 19.1 Å². The van der Waals surface area contributed by atoms with E-state index in [0.717, 1.165) is 37.8 Å². The lowest BCUT2D eigenvalue weighted by molar-refractivity contribution is -0.126. The van der Waals surface area contributed by atoms with E-state index in [4.69, 9.17) is 44.5 Å². The first-order valence-corrected chi connectivity index (χ1v) is 19.5. The van der Waals surface area contributed by atoms with Gasteiger partial charge in [-0.1, -0.05) is 53.0 Å². The van der Waals surface area contributed by atoms with Crippen LogP contribution in [0.25, 0.3) is 15.6 Å². The second-order valence-electron chi connectivity index (χ2n) is 12.2. The summed E-state index contributed by atoms with van der Waals surface area (Å²) in [4.78, 5) is 48.5. The maximum absolute atomic E-state index is 13.2. The van der Waals surface area contributed by atoms with Gasteiger partial charge < -0.3 is 20.7 Å². The van der Waals surface area contributed by atoms with E-state index < -0.39 is 6.04 Å². The number of thiazole rings is 1. The average molecular weight is 814 g/mol. The summed E-state index contributed by atoms with van der Waals surface area (Å²) in [6, 6.07) is 12.1. The summed E-state index contributed by atoms with van der Waals surface area (Å²) in [7, 11) is 0. The molecular weight excluding hydrogens is 779 g/mol. The van der Waals surface area contributed by atoms with Crippen LogP contribution in [0.4, 0.5) is 5.82 Å². The number of thiophene rings is 1. The summed E-state index contributed by atoms with van der Waals surface area (Å²) in [6.07, 6.45) is 0.667. The molecule has 6 rings (SSSR count). The van der Waals surface area contributed by atoms with E-state index in [1.807, 2.05) is 41.8 Å². The molecule has 1 atom stereocenters. The Morgan fingerprint density at radius 1 is 0.906 bits per heavy atom. The number of aryl methyl sites for hydroxylation is 2. The zero-order valence-corrected chi connectivity index (χ0v) is 32.9. The molecule has 0 fully saturated rings. The number of rotatable bonds is 14. The number of ether oxygens (including phenoxy) is 1. The Balaban J connectivity index is 0.932. The van der Waals surface area contributed by atoms with Crippen LogP contribution < -0.4 is 16.0 Å². The number of anilines is 1. The molecule has 3 N–H and O–H groups in total. The van der Waals surface area contributed by atoms with Crippen molar-refractivity contribution >= 4 is 86.7 Å². The predicted octanol–water partition coefficient (Wildman–Crippen LogP) is 7.29. The van der Waals surface area contributed by atoms with Crippen LogP contribution in [0.5, 0.6) is 0 Å². The van der Waals surface area contributed by atoms with Crippen LogP contribution >= 0.6 is 57.5 Å². The molecule has 5 aromatic rings. The van der Waals surface area contributed by atoms with Crippen molar-refractivity contribution in [3.8, 4) is 15.6 Å². The van der Waals surface area contributed by atoms with E-state index in [9.17, 15) is 14.4 Å². The zero-order chi connectivity index (χ0) is 37.6. The maximum Gasteiger partial charge on any atom is 0.245 e. The lowest BCUT2D eigenvalue weighted by Crippen LogP contribution is -2.32. The molecule has 2 aromatic carbocycles. The van der Waals surface area contributed by atoms with Crippen molar-refractivity contribution in [2.24, 2.45) is 4.99 Å². The second-order valence-corrected chi connectivity index (χ2v) is 15.5. The third-order valence-corrected chi connectivity index (χ3v) is 11.5. The normalized spacial score (nSPS) is 13.5. The molecule has 0 bridgehead atoms. The van der Waals surface area contributed by atoms with Crippen LogP contribution in [-0.2, 0) is 19.1 Å². The first kappa shape index (κ1) is 38.5. The van der Waals surface area contributed by atoms with Crippen LogP contribution in [0.15, 0.2) is 52.8 Å². The van der Waals surface area contributed by atoms with Crippen molar-refractivity contribution in [3.63, 3.8) is 0 Å². The van der Waals surface area contributed by atoms with Gasteiger partial charge in [0.15, 0.2) is 5.82 Å². The van der Waals surface area contributed by atoms with Gasteiger partial charge >= 0.3 is 0 Å². The molecule has 0 saturated carbocycles. The minimum Gasteiger partial charge on any atom is -0.370 e. The number of fused-ring (bicyclic) bond motifs is 3. The van der Waals surface area contributed by atoms with Gasteiger partial charge in [0.2, 0.25) is 17.7 Å². The highest BCUT2D eigenvalue weighted by molar-refractivity contribution is 7.15. The van der Waals surface area contributed by atoms with Crippen molar-refractivity contribution in [1.29, 1.82) is 0 Å². The molecule has 0 radical (unpaired) electrons. The number of benzene rings is 2. The fraction of sp³-hybridized carbons (Fsp3) is 0.306. The molecule has 3 amide bonds. The molecule has 0 saturated heterocycles. The lowest BCUT2D eigenvalue weighted by atomic mass is 9.99. The van der Waals surface area contributed by atoms with E-state index in [1.54, 1.807) is 28.8 Å². The van der Waals surface area contributed by atoms with Gasteiger partial charge in [0.05, 0.1) is 28.8 Å². The monoisotopic (exact) mass is 812 g/mol. The van der Waals surface area contributed by atoms with E-state index in [0.29, 0.717) is 50.5 Å². The van der Waals surface area contributed by atoms with Crippen LogP contribution in [0.3, 0.4) is 0 Å². The van der Waals surface area contributed by atoms with Gasteiger partial charge in [0, 0.05) is 51.5 Å². The van der Waals surface area contributed by atoms with Gasteiger partial charge in [0.1, 0.15) is 34.3 Å². The minimum absolute atomic E-state index is 0.0388. The van der Waals surface area contributed by atoms with E-state index >= 15 is 0 Å². The Kier molecular flexibility index (Phi) is 12.6. The minimum atomic E-state index is -0.595. The largest absolute Gasteiger partial charge is 0.370 e.